The van der Waals surface area contributed by atoms with Crippen molar-refractivity contribution in [3.63, 3.8) is 0 Å². The van der Waals surface area contributed by atoms with Gasteiger partial charge < -0.3 is 20.5 Å². The monoisotopic (exact) mass is 264 g/mol. The van der Waals surface area contributed by atoms with Crippen LogP contribution in [0, 0.1) is 0 Å². The van der Waals surface area contributed by atoms with Crippen molar-refractivity contribution in [2.45, 2.75) is 12.5 Å². The van der Waals surface area contributed by atoms with Crippen LogP contribution in [0.2, 0.25) is 0 Å². The molecule has 6 heteroatoms. The molecule has 6 nitrogen and oxygen atoms in total. The van der Waals surface area contributed by atoms with Gasteiger partial charge in [0.1, 0.15) is 0 Å². The molecule has 0 spiro atoms. The number of morpholine rings is 1. The molecule has 1 fully saturated rings. The van der Waals surface area contributed by atoms with E-state index in [1.54, 1.807) is 29.2 Å². The van der Waals surface area contributed by atoms with E-state index in [0.29, 0.717) is 30.9 Å². The Morgan fingerprint density at radius 3 is 2.68 bits per heavy atom. The number of anilines is 1. The number of carboxylic acids is 1. The molecule has 102 valence electrons. The molecule has 1 heterocycles. The van der Waals surface area contributed by atoms with Gasteiger partial charge in [-0.25, -0.2) is 0 Å². The van der Waals surface area contributed by atoms with Gasteiger partial charge >= 0.3 is 5.97 Å². The predicted molar refractivity (Wildman–Crippen MR) is 68.8 cm³/mol. The number of carbonyl (C=O) groups excluding carboxylic acids is 1. The number of hydrogen-bond donors (Lipinski definition) is 2. The van der Waals surface area contributed by atoms with Gasteiger partial charge in [0.15, 0.2) is 0 Å². The lowest BCUT2D eigenvalue weighted by molar-refractivity contribution is -0.141. The van der Waals surface area contributed by atoms with Crippen LogP contribution < -0.4 is 5.73 Å². The van der Waals surface area contributed by atoms with Crippen LogP contribution in [0.1, 0.15) is 16.8 Å². The highest BCUT2D eigenvalue weighted by atomic mass is 16.5. The van der Waals surface area contributed by atoms with E-state index in [9.17, 15) is 9.59 Å². The van der Waals surface area contributed by atoms with E-state index in [1.807, 2.05) is 0 Å². The highest BCUT2D eigenvalue weighted by molar-refractivity contribution is 5.94. The summed E-state index contributed by atoms with van der Waals surface area (Å²) in [5.41, 5.74) is 6.72. The summed E-state index contributed by atoms with van der Waals surface area (Å²) in [6, 6.07) is 6.67. The molecule has 1 amide bonds. The molecule has 0 aromatic heterocycles. The fraction of sp³-hybridized carbons (Fsp3) is 0.385. The van der Waals surface area contributed by atoms with Crippen molar-refractivity contribution in [2.75, 3.05) is 25.4 Å². The van der Waals surface area contributed by atoms with E-state index >= 15 is 0 Å². The highest BCUT2D eigenvalue weighted by Crippen LogP contribution is 2.14. The molecule has 1 aromatic rings. The average Bonchev–Trinajstić information content (AvgIpc) is 2.38. The van der Waals surface area contributed by atoms with Crippen LogP contribution in [0.4, 0.5) is 5.69 Å². The lowest BCUT2D eigenvalue weighted by Crippen LogP contribution is -2.46. The van der Waals surface area contributed by atoms with Crippen molar-refractivity contribution in [2.24, 2.45) is 0 Å². The van der Waals surface area contributed by atoms with Crippen LogP contribution in [-0.4, -0.2) is 47.7 Å². The first-order valence-electron chi connectivity index (χ1n) is 6.04. The number of nitrogens with zero attached hydrogens (tertiary/aromatic N) is 1. The van der Waals surface area contributed by atoms with Crippen LogP contribution in [0.25, 0.3) is 0 Å². The lowest BCUT2D eigenvalue weighted by atomic mass is 10.1. The van der Waals surface area contributed by atoms with Crippen molar-refractivity contribution in [1.29, 1.82) is 0 Å². The van der Waals surface area contributed by atoms with E-state index in [4.69, 9.17) is 15.6 Å². The second-order valence-electron chi connectivity index (χ2n) is 4.46. The molecule has 2 rings (SSSR count). The van der Waals surface area contributed by atoms with Gasteiger partial charge in [-0.1, -0.05) is 0 Å². The summed E-state index contributed by atoms with van der Waals surface area (Å²) in [4.78, 5) is 24.5. The molecule has 1 aliphatic rings. The minimum absolute atomic E-state index is 0.0917. The Hall–Kier alpha value is -2.08. The third-order valence-electron chi connectivity index (χ3n) is 2.99. The summed E-state index contributed by atoms with van der Waals surface area (Å²) in [5.74, 6) is -1.05. The number of nitrogen functional groups attached to an aromatic ring is 1. The lowest BCUT2D eigenvalue weighted by Gasteiger charge is -2.32. The third-order valence-corrected chi connectivity index (χ3v) is 2.99. The molecule has 3 N–H and O–H groups in total. The minimum Gasteiger partial charge on any atom is -0.481 e. The van der Waals surface area contributed by atoms with Crippen molar-refractivity contribution in [1.82, 2.24) is 4.90 Å². The van der Waals surface area contributed by atoms with Crippen molar-refractivity contribution in [3.8, 4) is 0 Å². The summed E-state index contributed by atoms with van der Waals surface area (Å²) in [6.07, 6.45) is -0.533. The van der Waals surface area contributed by atoms with Crippen LogP contribution in [0.5, 0.6) is 0 Å². The van der Waals surface area contributed by atoms with Crippen molar-refractivity contribution >= 4 is 17.6 Å². The second kappa shape index (κ2) is 5.71. The fourth-order valence-electron chi connectivity index (χ4n) is 2.03. The Labute approximate surface area is 110 Å². The number of carboxylic acid groups (broad SMARTS) is 1. The van der Waals surface area contributed by atoms with Gasteiger partial charge in [-0.3, -0.25) is 9.59 Å². The van der Waals surface area contributed by atoms with E-state index in [1.165, 1.54) is 0 Å². The van der Waals surface area contributed by atoms with Gasteiger partial charge in [-0.05, 0) is 24.3 Å². The topological polar surface area (TPSA) is 92.9 Å². The molecule has 0 bridgehead atoms. The zero-order valence-electron chi connectivity index (χ0n) is 10.4. The van der Waals surface area contributed by atoms with Crippen LogP contribution in [0.15, 0.2) is 24.3 Å². The Bertz CT molecular complexity index is 472. The second-order valence-corrected chi connectivity index (χ2v) is 4.46. The van der Waals surface area contributed by atoms with E-state index in [-0.39, 0.29) is 12.3 Å². The molecular formula is C13H16N2O4. The number of nitrogens with two attached hydrogens (primary N) is 1. The van der Waals surface area contributed by atoms with Crippen molar-refractivity contribution < 1.29 is 19.4 Å². The molecule has 1 aromatic carbocycles. The van der Waals surface area contributed by atoms with Crippen LogP contribution >= 0.6 is 0 Å². The highest BCUT2D eigenvalue weighted by Gasteiger charge is 2.26. The van der Waals surface area contributed by atoms with Gasteiger partial charge in [-0.2, -0.15) is 0 Å². The first-order chi connectivity index (χ1) is 9.06. The summed E-state index contributed by atoms with van der Waals surface area (Å²) >= 11 is 0. The standard InChI is InChI=1S/C13H16N2O4/c14-10-3-1-9(2-4-10)13(18)15-5-6-19-11(8-15)7-12(16)17/h1-4,11H,5-8,14H2,(H,16,17). The largest absolute Gasteiger partial charge is 0.481 e. The maximum absolute atomic E-state index is 12.2. The maximum atomic E-state index is 12.2. The molecular weight excluding hydrogens is 248 g/mol. The number of hydrogen-bond acceptors (Lipinski definition) is 4. The zero-order chi connectivity index (χ0) is 13.8. The van der Waals surface area contributed by atoms with E-state index in [0.717, 1.165) is 0 Å². The van der Waals surface area contributed by atoms with Gasteiger partial charge in [0.05, 0.1) is 19.1 Å². The number of rotatable bonds is 3. The SMILES string of the molecule is Nc1ccc(C(=O)N2CCOC(CC(=O)O)C2)cc1. The van der Waals surface area contributed by atoms with Gasteiger partial charge in [0, 0.05) is 24.3 Å². The van der Waals surface area contributed by atoms with Gasteiger partial charge in [0.2, 0.25) is 0 Å². The number of aliphatic carboxylic acids is 1. The van der Waals surface area contributed by atoms with E-state index in [2.05, 4.69) is 0 Å². The third kappa shape index (κ3) is 3.45. The zero-order valence-corrected chi connectivity index (χ0v) is 10.4. The Morgan fingerprint density at radius 2 is 2.05 bits per heavy atom. The molecule has 1 unspecified atom stereocenters. The quantitative estimate of drug-likeness (QED) is 0.779. The van der Waals surface area contributed by atoms with Gasteiger partial charge in [-0.15, -0.1) is 0 Å². The normalized spacial score (nSPS) is 19.2. The summed E-state index contributed by atoms with van der Waals surface area (Å²) < 4.78 is 5.33. The summed E-state index contributed by atoms with van der Waals surface area (Å²) in [7, 11) is 0. The Kier molecular flexibility index (Phi) is 4.01. The first-order valence-corrected chi connectivity index (χ1v) is 6.04. The Morgan fingerprint density at radius 1 is 1.37 bits per heavy atom. The maximum Gasteiger partial charge on any atom is 0.306 e. The van der Waals surface area contributed by atoms with E-state index < -0.39 is 12.1 Å². The molecule has 0 saturated carbocycles. The van der Waals surface area contributed by atoms with Crippen LogP contribution in [-0.2, 0) is 9.53 Å². The molecule has 1 saturated heterocycles. The smallest absolute Gasteiger partial charge is 0.306 e. The van der Waals surface area contributed by atoms with Gasteiger partial charge in [0.25, 0.3) is 5.91 Å². The number of ether oxygens (including phenoxy) is 1. The van der Waals surface area contributed by atoms with Crippen LogP contribution in [0.3, 0.4) is 0 Å². The summed E-state index contributed by atoms with van der Waals surface area (Å²) in [5, 5.41) is 8.74. The number of benzene rings is 1. The fourth-order valence-corrected chi connectivity index (χ4v) is 2.03. The molecule has 19 heavy (non-hydrogen) atoms. The number of carbonyl (C=O) groups is 2. The number of amides is 1. The first kappa shape index (κ1) is 13.4. The molecule has 1 atom stereocenters. The predicted octanol–water partition coefficient (Wildman–Crippen LogP) is 0.584. The Balaban J connectivity index is 2.02. The molecule has 0 aliphatic carbocycles. The molecule has 1 aliphatic heterocycles. The van der Waals surface area contributed by atoms with Crippen molar-refractivity contribution in [3.05, 3.63) is 29.8 Å². The summed E-state index contributed by atoms with van der Waals surface area (Å²) in [6.45, 7) is 1.13. The molecule has 0 radical (unpaired) electrons. The average molecular weight is 264 g/mol. The minimum atomic E-state index is -0.924.